The van der Waals surface area contributed by atoms with E-state index in [2.05, 4.69) is 10.1 Å². The second-order valence-corrected chi connectivity index (χ2v) is 6.55. The van der Waals surface area contributed by atoms with Gasteiger partial charge in [0.05, 0.1) is 12.7 Å². The smallest absolute Gasteiger partial charge is 0.377 e. The first-order chi connectivity index (χ1) is 10.1. The molecule has 0 aromatic rings. The molecule has 3 atom stereocenters. The lowest BCUT2D eigenvalue weighted by atomic mass is 9.46. The SMILES string of the molecule is CC1(C)C2OCCCC2C1(N)C(=O)NCCOCC(F)(F)F. The summed E-state index contributed by atoms with van der Waals surface area (Å²) in [5.41, 5.74) is 4.79. The molecular formula is C14H23F3N2O3. The van der Waals surface area contributed by atoms with E-state index in [1.54, 1.807) is 0 Å². The van der Waals surface area contributed by atoms with Crippen molar-refractivity contribution in [1.29, 1.82) is 0 Å². The molecule has 0 aromatic carbocycles. The molecule has 3 unspecified atom stereocenters. The van der Waals surface area contributed by atoms with Gasteiger partial charge in [0.1, 0.15) is 12.1 Å². The summed E-state index contributed by atoms with van der Waals surface area (Å²) in [6, 6.07) is 0. The zero-order valence-corrected chi connectivity index (χ0v) is 12.8. The highest BCUT2D eigenvalue weighted by atomic mass is 19.4. The topological polar surface area (TPSA) is 73.6 Å². The van der Waals surface area contributed by atoms with Crippen LogP contribution in [0.1, 0.15) is 26.7 Å². The van der Waals surface area contributed by atoms with Crippen molar-refractivity contribution in [2.24, 2.45) is 17.1 Å². The van der Waals surface area contributed by atoms with Gasteiger partial charge in [0.25, 0.3) is 0 Å². The minimum absolute atomic E-state index is 0.00217. The first-order valence-electron chi connectivity index (χ1n) is 7.44. The monoisotopic (exact) mass is 324 g/mol. The fraction of sp³-hybridized carbons (Fsp3) is 0.929. The number of carbonyl (C=O) groups is 1. The lowest BCUT2D eigenvalue weighted by Gasteiger charge is -2.65. The second-order valence-electron chi connectivity index (χ2n) is 6.55. The number of hydrogen-bond acceptors (Lipinski definition) is 4. The molecule has 1 heterocycles. The van der Waals surface area contributed by atoms with Crippen LogP contribution in [0.5, 0.6) is 0 Å². The minimum Gasteiger partial charge on any atom is -0.377 e. The Morgan fingerprint density at radius 1 is 1.45 bits per heavy atom. The van der Waals surface area contributed by atoms with Crippen LogP contribution in [-0.4, -0.2) is 50.1 Å². The van der Waals surface area contributed by atoms with Gasteiger partial charge in [0.2, 0.25) is 5.91 Å². The average molecular weight is 324 g/mol. The maximum Gasteiger partial charge on any atom is 0.411 e. The Bertz CT molecular complexity index is 428. The van der Waals surface area contributed by atoms with Crippen molar-refractivity contribution < 1.29 is 27.4 Å². The van der Waals surface area contributed by atoms with E-state index < -0.39 is 23.7 Å². The van der Waals surface area contributed by atoms with E-state index in [-0.39, 0.29) is 31.1 Å². The molecule has 1 amide bonds. The van der Waals surface area contributed by atoms with Crippen LogP contribution in [-0.2, 0) is 14.3 Å². The van der Waals surface area contributed by atoms with E-state index in [4.69, 9.17) is 10.5 Å². The zero-order valence-electron chi connectivity index (χ0n) is 12.8. The molecule has 0 bridgehead atoms. The van der Waals surface area contributed by atoms with Gasteiger partial charge in [-0.3, -0.25) is 4.79 Å². The van der Waals surface area contributed by atoms with Gasteiger partial charge in [-0.2, -0.15) is 13.2 Å². The maximum atomic E-state index is 12.4. The molecule has 1 saturated carbocycles. The van der Waals surface area contributed by atoms with Gasteiger partial charge in [-0.05, 0) is 12.8 Å². The van der Waals surface area contributed by atoms with Crippen LogP contribution < -0.4 is 11.1 Å². The Kier molecular flexibility index (Phi) is 4.75. The average Bonchev–Trinajstić information content (AvgIpc) is 2.44. The molecule has 1 saturated heterocycles. The lowest BCUT2D eigenvalue weighted by Crippen LogP contribution is -2.82. The van der Waals surface area contributed by atoms with E-state index in [9.17, 15) is 18.0 Å². The number of rotatable bonds is 5. The number of carbonyl (C=O) groups excluding carboxylic acids is 1. The van der Waals surface area contributed by atoms with Crippen molar-refractivity contribution in [2.75, 3.05) is 26.4 Å². The van der Waals surface area contributed by atoms with Gasteiger partial charge in [0.15, 0.2) is 0 Å². The summed E-state index contributed by atoms with van der Waals surface area (Å²) in [6.07, 6.45) is -2.72. The molecule has 8 heteroatoms. The highest BCUT2D eigenvalue weighted by Crippen LogP contribution is 2.57. The summed E-state index contributed by atoms with van der Waals surface area (Å²) >= 11 is 0. The van der Waals surface area contributed by atoms with E-state index in [0.29, 0.717) is 6.61 Å². The first kappa shape index (κ1) is 17.5. The summed E-state index contributed by atoms with van der Waals surface area (Å²) in [5, 5.41) is 2.59. The molecule has 2 fully saturated rings. The molecule has 0 spiro atoms. The van der Waals surface area contributed by atoms with Crippen molar-refractivity contribution in [3.63, 3.8) is 0 Å². The van der Waals surface area contributed by atoms with Gasteiger partial charge >= 0.3 is 6.18 Å². The maximum absolute atomic E-state index is 12.4. The number of nitrogens with two attached hydrogens (primary N) is 1. The van der Waals surface area contributed by atoms with Crippen LogP contribution in [0.2, 0.25) is 0 Å². The van der Waals surface area contributed by atoms with Crippen LogP contribution in [0.3, 0.4) is 0 Å². The number of halogens is 3. The number of nitrogens with one attached hydrogen (secondary N) is 1. The fourth-order valence-corrected chi connectivity index (χ4v) is 3.61. The second kappa shape index (κ2) is 5.98. The minimum atomic E-state index is -4.36. The van der Waals surface area contributed by atoms with Crippen molar-refractivity contribution >= 4 is 5.91 Å². The molecule has 3 N–H and O–H groups in total. The van der Waals surface area contributed by atoms with Crippen LogP contribution in [0.4, 0.5) is 13.2 Å². The van der Waals surface area contributed by atoms with Gasteiger partial charge in [-0.25, -0.2) is 0 Å². The van der Waals surface area contributed by atoms with Gasteiger partial charge in [-0.15, -0.1) is 0 Å². The fourth-order valence-electron chi connectivity index (χ4n) is 3.61. The third-order valence-corrected chi connectivity index (χ3v) is 4.86. The van der Waals surface area contributed by atoms with E-state index in [1.165, 1.54) is 0 Å². The molecule has 1 aliphatic carbocycles. The number of amides is 1. The van der Waals surface area contributed by atoms with Crippen molar-refractivity contribution in [3.8, 4) is 0 Å². The Morgan fingerprint density at radius 3 is 2.77 bits per heavy atom. The van der Waals surface area contributed by atoms with Gasteiger partial charge in [-0.1, -0.05) is 13.8 Å². The highest BCUT2D eigenvalue weighted by molar-refractivity contribution is 5.89. The van der Waals surface area contributed by atoms with Crippen molar-refractivity contribution in [1.82, 2.24) is 5.32 Å². The Hall–Kier alpha value is -0.860. The Morgan fingerprint density at radius 2 is 2.14 bits per heavy atom. The number of ether oxygens (including phenoxy) is 2. The molecule has 128 valence electrons. The van der Waals surface area contributed by atoms with Gasteiger partial charge in [0, 0.05) is 24.5 Å². The standard InChI is InChI=1S/C14H23F3N2O3/c1-12(2)10-9(4-3-6-22-10)14(12,18)11(20)19-5-7-21-8-13(15,16)17/h9-10H,3-8,18H2,1-2H3,(H,19,20). The third kappa shape index (κ3) is 2.96. The van der Waals surface area contributed by atoms with Crippen LogP contribution in [0.15, 0.2) is 0 Å². The molecule has 2 rings (SSSR count). The summed E-state index contributed by atoms with van der Waals surface area (Å²) < 4.78 is 46.0. The number of alkyl halides is 3. The number of fused-ring (bicyclic) bond motifs is 1. The van der Waals surface area contributed by atoms with Crippen LogP contribution in [0, 0.1) is 11.3 Å². The summed E-state index contributed by atoms with van der Waals surface area (Å²) in [7, 11) is 0. The van der Waals surface area contributed by atoms with E-state index in [0.717, 1.165) is 12.8 Å². The predicted molar refractivity (Wildman–Crippen MR) is 73.0 cm³/mol. The van der Waals surface area contributed by atoms with Crippen LogP contribution >= 0.6 is 0 Å². The molecule has 5 nitrogen and oxygen atoms in total. The Labute approximate surface area is 127 Å². The van der Waals surface area contributed by atoms with Crippen LogP contribution in [0.25, 0.3) is 0 Å². The third-order valence-electron chi connectivity index (χ3n) is 4.86. The lowest BCUT2D eigenvalue weighted by molar-refractivity contribution is -0.225. The normalized spacial score (nSPS) is 33.7. The highest BCUT2D eigenvalue weighted by Gasteiger charge is 2.70. The predicted octanol–water partition coefficient (Wildman–Crippen LogP) is 1.21. The quantitative estimate of drug-likeness (QED) is 0.746. The zero-order chi connectivity index (χ0) is 16.6. The first-order valence-corrected chi connectivity index (χ1v) is 7.44. The molecule has 1 aliphatic heterocycles. The summed E-state index contributed by atoms with van der Waals surface area (Å²) in [5.74, 6) is -0.396. The van der Waals surface area contributed by atoms with E-state index in [1.807, 2.05) is 13.8 Å². The molecule has 0 radical (unpaired) electrons. The van der Waals surface area contributed by atoms with Crippen molar-refractivity contribution in [2.45, 2.75) is 44.5 Å². The molecule has 22 heavy (non-hydrogen) atoms. The molecular weight excluding hydrogens is 301 g/mol. The summed E-state index contributed by atoms with van der Waals surface area (Å²) in [6.45, 7) is 2.93. The number of hydrogen-bond donors (Lipinski definition) is 2. The van der Waals surface area contributed by atoms with E-state index >= 15 is 0 Å². The summed E-state index contributed by atoms with van der Waals surface area (Å²) in [4.78, 5) is 12.4. The molecule has 0 aromatic heterocycles. The van der Waals surface area contributed by atoms with Crippen molar-refractivity contribution in [3.05, 3.63) is 0 Å². The molecule has 2 aliphatic rings. The Balaban J connectivity index is 1.84. The largest absolute Gasteiger partial charge is 0.411 e. The van der Waals surface area contributed by atoms with Gasteiger partial charge < -0.3 is 20.5 Å².